The number of nitrogen functional groups attached to an aromatic ring is 1. The summed E-state index contributed by atoms with van der Waals surface area (Å²) in [6, 6.07) is 35.2. The molecule has 2 amide bonds. The molecule has 1 aliphatic rings. The highest BCUT2D eigenvalue weighted by molar-refractivity contribution is 6.32. The van der Waals surface area contributed by atoms with Gasteiger partial charge in [-0.05, 0) is 103 Å². The Balaban J connectivity index is 0.000000252. The summed E-state index contributed by atoms with van der Waals surface area (Å²) in [4.78, 5) is 69.8. The van der Waals surface area contributed by atoms with E-state index in [4.69, 9.17) is 65.7 Å². The zero-order valence-corrected chi connectivity index (χ0v) is 50.7. The highest BCUT2D eigenvalue weighted by atomic mass is 35.5. The van der Waals surface area contributed by atoms with Crippen molar-refractivity contribution < 1.29 is 82.6 Å². The van der Waals surface area contributed by atoms with Crippen LogP contribution in [-0.4, -0.2) is 104 Å². The standard InChI is InChI=1S/C19H12ClF2NO2.C18H12ClF2NO4.C11H14ClNO.C8H6ClF2NO.C6H9F2NO2.CH4.B/c1-10(24)23-14-7-6-12(20)9-13(14)17(19(21)22)18(23)16-8-11-4-2-3-5-15(11)25-16;19-10-5-6-12(11(8-10)16(23)17(20)21)22-15(18(24)25)14-7-9-3-1-2-4-13(9)26-14;1-11(2,3)10(14)13-9-6-4-8(12)5-7-9;9-4-1-2-6(12)5(3-4)7(13)8(10)11;7-5(8)6(10)9-1-3-11-4-2-9;;/h2-9,19H,1H3;1-8,15,17,22H,(H,24,25);4-7H,1-3H3,(H,13,14);1-3,8H,12H2;5H,1-4H2;1H4;. The van der Waals surface area contributed by atoms with Gasteiger partial charge in [-0.1, -0.05) is 111 Å². The van der Waals surface area contributed by atoms with E-state index >= 15 is 0 Å². The summed E-state index contributed by atoms with van der Waals surface area (Å²) in [6.45, 7) is 8.23. The first kappa shape index (κ1) is 75.0. The van der Waals surface area contributed by atoms with Crippen LogP contribution >= 0.6 is 46.4 Å². The van der Waals surface area contributed by atoms with Crippen molar-refractivity contribution in [2.24, 2.45) is 5.41 Å². The van der Waals surface area contributed by atoms with Crippen molar-refractivity contribution in [2.45, 2.75) is 66.9 Å². The molecule has 15 nitrogen and oxygen atoms in total. The maximum Gasteiger partial charge on any atom is 0.334 e. The van der Waals surface area contributed by atoms with Crippen LogP contribution in [0.1, 0.15) is 84.4 Å². The molecule has 1 atom stereocenters. The number of carbonyl (C=O) groups excluding carboxylic acids is 5. The van der Waals surface area contributed by atoms with Crippen molar-refractivity contribution in [3.63, 3.8) is 0 Å². The minimum atomic E-state index is -3.25. The van der Waals surface area contributed by atoms with Crippen molar-refractivity contribution in [1.29, 1.82) is 0 Å². The molecule has 1 unspecified atom stereocenters. The Bertz CT molecular complexity index is 3940. The summed E-state index contributed by atoms with van der Waals surface area (Å²) in [6.07, 6.45) is -12.0. The number of nitrogens with one attached hydrogen (secondary N) is 2. The molecule has 28 heteroatoms. The van der Waals surface area contributed by atoms with Gasteiger partial charge in [0, 0.05) is 98.3 Å². The van der Waals surface area contributed by atoms with Gasteiger partial charge in [0.1, 0.15) is 22.6 Å². The van der Waals surface area contributed by atoms with Crippen molar-refractivity contribution >= 4 is 140 Å². The summed E-state index contributed by atoms with van der Waals surface area (Å²) < 4.78 is 118. The number of benzene rings is 6. The van der Waals surface area contributed by atoms with Gasteiger partial charge in [-0.3, -0.25) is 28.5 Å². The number of aliphatic carboxylic acids is 1. The number of hydrogen-bond acceptors (Lipinski definition) is 11. The number of hydrogen-bond donors (Lipinski definition) is 4. The fourth-order valence-corrected chi connectivity index (χ4v) is 8.97. The number of ketones is 2. The molecule has 1 aliphatic heterocycles. The Hall–Kier alpha value is -8.42. The van der Waals surface area contributed by atoms with Crippen LogP contribution in [0.4, 0.5) is 52.2 Å². The summed E-state index contributed by atoms with van der Waals surface area (Å²) in [5, 5.41) is 17.9. The van der Waals surface area contributed by atoms with E-state index in [0.717, 1.165) is 28.1 Å². The predicted octanol–water partition coefficient (Wildman–Crippen LogP) is 17.1. The number of anilines is 3. The zero-order chi connectivity index (χ0) is 65.6. The summed E-state index contributed by atoms with van der Waals surface area (Å²) in [5.74, 6) is -5.23. The van der Waals surface area contributed by atoms with Gasteiger partial charge in [-0.15, -0.1) is 0 Å². The van der Waals surface area contributed by atoms with Crippen LogP contribution in [-0.2, 0) is 19.1 Å². The highest BCUT2D eigenvalue weighted by Crippen LogP contribution is 2.42. The number of rotatable bonds is 12. The molecule has 481 valence electrons. The minimum absolute atomic E-state index is 0. The van der Waals surface area contributed by atoms with Gasteiger partial charge in [0.2, 0.25) is 23.4 Å². The SMILES string of the molecule is C.CC(=O)n1c(-c2cc3ccccc3o2)c(C(F)F)c2cc(Cl)ccc21.CC(C)(C)C(=O)Nc1ccc(Cl)cc1.Nc1ccc(Cl)cc1C(=O)C(F)F.O=C(C(F)F)N1CCOCC1.O=C(c1cc(Cl)ccc1NC(C(=O)O)c1cc2ccccc2o1)C(F)F.[B]. The number of morpholine rings is 1. The van der Waals surface area contributed by atoms with Gasteiger partial charge in [0.05, 0.1) is 24.3 Å². The van der Waals surface area contributed by atoms with Gasteiger partial charge in [0.15, 0.2) is 11.8 Å². The van der Waals surface area contributed by atoms with E-state index in [1.807, 2.05) is 32.9 Å². The maximum atomic E-state index is 13.9. The number of carboxylic acids is 1. The van der Waals surface area contributed by atoms with Gasteiger partial charge >= 0.3 is 25.2 Å². The maximum absolute atomic E-state index is 13.9. The number of Topliss-reactive ketones (excluding diaryl/α,β-unsaturated/α-hetero) is 2. The third-order valence-corrected chi connectivity index (χ3v) is 13.6. The molecule has 5 N–H and O–H groups in total. The lowest BCUT2D eigenvalue weighted by atomic mass is 9.95. The van der Waals surface area contributed by atoms with Crippen molar-refractivity contribution in [1.82, 2.24) is 9.47 Å². The Labute approximate surface area is 537 Å². The molecule has 3 radical (unpaired) electrons. The summed E-state index contributed by atoms with van der Waals surface area (Å²) in [7, 11) is 0. The Morgan fingerprint density at radius 1 is 0.626 bits per heavy atom. The molecule has 3 aromatic heterocycles. The number of carbonyl (C=O) groups is 6. The van der Waals surface area contributed by atoms with E-state index < -0.39 is 60.8 Å². The van der Waals surface area contributed by atoms with E-state index in [2.05, 4.69) is 10.6 Å². The number of para-hydroxylation sites is 2. The lowest BCUT2D eigenvalue weighted by Gasteiger charge is -2.26. The van der Waals surface area contributed by atoms with Crippen LogP contribution in [0, 0.1) is 5.41 Å². The van der Waals surface area contributed by atoms with Crippen molar-refractivity contribution in [2.75, 3.05) is 42.7 Å². The molecule has 1 saturated heterocycles. The van der Waals surface area contributed by atoms with Crippen LogP contribution in [0.25, 0.3) is 44.3 Å². The lowest BCUT2D eigenvalue weighted by Crippen LogP contribution is -2.43. The van der Waals surface area contributed by atoms with Crippen LogP contribution in [0.5, 0.6) is 0 Å². The summed E-state index contributed by atoms with van der Waals surface area (Å²) in [5.41, 5.74) is 6.25. The van der Waals surface area contributed by atoms with Crippen LogP contribution in [0.3, 0.4) is 0 Å². The van der Waals surface area contributed by atoms with Gasteiger partial charge in [-0.25, -0.2) is 31.1 Å². The van der Waals surface area contributed by atoms with Crippen LogP contribution in [0.2, 0.25) is 20.1 Å². The molecule has 6 aromatic carbocycles. The molecule has 4 heterocycles. The normalized spacial score (nSPS) is 12.2. The van der Waals surface area contributed by atoms with Crippen molar-refractivity contribution in [3.8, 4) is 11.5 Å². The third kappa shape index (κ3) is 20.0. The van der Waals surface area contributed by atoms with Crippen LogP contribution in [0.15, 0.2) is 148 Å². The lowest BCUT2D eigenvalue weighted by molar-refractivity contribution is -0.146. The second-order valence-corrected chi connectivity index (χ2v) is 21.8. The molecular formula is C63H57BCl4F8N5O10. The molecule has 0 spiro atoms. The van der Waals surface area contributed by atoms with Gasteiger partial charge in [-0.2, -0.15) is 8.78 Å². The van der Waals surface area contributed by atoms with Crippen molar-refractivity contribution in [3.05, 3.63) is 182 Å². The first-order chi connectivity index (χ1) is 42.0. The number of fused-ring (bicyclic) bond motifs is 3. The Morgan fingerprint density at radius 2 is 1.13 bits per heavy atom. The second-order valence-electron chi connectivity index (χ2n) is 20.0. The molecule has 1 fully saturated rings. The van der Waals surface area contributed by atoms with E-state index in [1.54, 1.807) is 78.9 Å². The topological polar surface area (TPSA) is 216 Å². The Kier molecular flexibility index (Phi) is 27.7. The average Bonchev–Trinajstić information content (AvgIpc) is 1.59. The zero-order valence-electron chi connectivity index (χ0n) is 47.7. The van der Waals surface area contributed by atoms with E-state index in [1.165, 1.54) is 47.9 Å². The molecule has 9 aromatic rings. The molecule has 91 heavy (non-hydrogen) atoms. The smallest absolute Gasteiger partial charge is 0.334 e. The first-order valence-corrected chi connectivity index (χ1v) is 27.8. The fraction of sp³-hybridized carbons (Fsp3) is 0.238. The minimum Gasteiger partial charge on any atom is -0.479 e. The predicted molar refractivity (Wildman–Crippen MR) is 337 cm³/mol. The monoisotopic (exact) mass is 1350 g/mol. The number of ether oxygens (including phenoxy) is 1. The van der Waals surface area contributed by atoms with Gasteiger partial charge < -0.3 is 39.9 Å². The molecule has 0 aliphatic carbocycles. The number of nitrogens with zero attached hydrogens (tertiary/aromatic N) is 2. The van der Waals surface area contributed by atoms with Crippen LogP contribution < -0.4 is 16.4 Å². The number of nitrogens with two attached hydrogens (primary N) is 1. The first-order valence-electron chi connectivity index (χ1n) is 26.3. The molecule has 0 saturated carbocycles. The van der Waals surface area contributed by atoms with Gasteiger partial charge in [0.25, 0.3) is 12.3 Å². The Morgan fingerprint density at radius 3 is 1.65 bits per heavy atom. The van der Waals surface area contributed by atoms with E-state index in [-0.39, 0.29) is 101 Å². The number of furan rings is 2. The highest BCUT2D eigenvalue weighted by Gasteiger charge is 2.31. The summed E-state index contributed by atoms with van der Waals surface area (Å²) >= 11 is 23.0. The number of aromatic nitrogens is 1. The quantitative estimate of drug-likeness (QED) is 0.0389. The third-order valence-electron chi connectivity index (χ3n) is 12.7. The molecule has 0 bridgehead atoms. The number of amides is 2. The molecular weight excluding hydrogens is 1290 g/mol. The molecule has 10 rings (SSSR count). The average molecular weight is 1350 g/mol. The van der Waals surface area contributed by atoms with E-state index in [9.17, 15) is 69.0 Å². The second kappa shape index (κ2) is 33.6. The van der Waals surface area contributed by atoms with E-state index in [0.29, 0.717) is 45.3 Å². The number of carboxylic acid groups (broad SMARTS) is 1. The number of halogens is 12. The largest absolute Gasteiger partial charge is 0.479 e. The number of alkyl halides is 8. The fourth-order valence-electron chi connectivity index (χ4n) is 8.33.